The zero-order chi connectivity index (χ0) is 25.9. The molecule has 0 saturated carbocycles. The number of carbonyl (C=O) groups is 1. The van der Waals surface area contributed by atoms with E-state index >= 15 is 0 Å². The van der Waals surface area contributed by atoms with E-state index in [1.54, 1.807) is 29.8 Å². The Hall–Kier alpha value is -2.27. The largest absolute Gasteiger partial charge is 0.377 e. The average molecular weight is 539 g/mol. The standard InChI is InChI=1S/C31H37Cl2N3O/c1-21-4-3-5-26-30(22(2)34-31(21)26)24-11-17-36(18-12-24)16-10-23-8-14-35(15-9-23)19-13-29(37)25-6-7-27(32)28(33)20-25/h3-7,13,19-20,23-24,34H,8-12,14-18H2,1-2H3/b19-13+. The van der Waals surface area contributed by atoms with Crippen LogP contribution in [0.4, 0.5) is 0 Å². The number of nitrogens with zero attached hydrogens (tertiary/aromatic N) is 2. The third-order valence-corrected chi connectivity index (χ3v) is 9.16. The van der Waals surface area contributed by atoms with Gasteiger partial charge in [0.05, 0.1) is 10.0 Å². The molecule has 0 aliphatic carbocycles. The molecule has 1 aromatic heterocycles. The van der Waals surface area contributed by atoms with Crippen molar-refractivity contribution in [1.29, 1.82) is 0 Å². The molecule has 37 heavy (non-hydrogen) atoms. The molecule has 3 heterocycles. The number of allylic oxidation sites excluding steroid dienone is 1. The highest BCUT2D eigenvalue weighted by molar-refractivity contribution is 6.42. The quantitative estimate of drug-likeness (QED) is 0.247. The second-order valence-electron chi connectivity index (χ2n) is 10.9. The molecule has 0 radical (unpaired) electrons. The molecular weight excluding hydrogens is 501 g/mol. The minimum absolute atomic E-state index is 0.0398. The molecule has 0 spiro atoms. The number of para-hydroxylation sites is 1. The van der Waals surface area contributed by atoms with Crippen molar-refractivity contribution in [3.8, 4) is 0 Å². The summed E-state index contributed by atoms with van der Waals surface area (Å²) in [7, 11) is 0. The Morgan fingerprint density at radius 1 is 1.00 bits per heavy atom. The van der Waals surface area contributed by atoms with E-state index < -0.39 is 0 Å². The van der Waals surface area contributed by atoms with Crippen LogP contribution in [0.1, 0.15) is 65.2 Å². The number of rotatable bonds is 7. The van der Waals surface area contributed by atoms with Crippen molar-refractivity contribution in [3.05, 3.63) is 81.1 Å². The van der Waals surface area contributed by atoms with Gasteiger partial charge in [0.15, 0.2) is 5.78 Å². The topological polar surface area (TPSA) is 39.3 Å². The molecule has 6 heteroatoms. The van der Waals surface area contributed by atoms with Crippen molar-refractivity contribution in [2.24, 2.45) is 5.92 Å². The van der Waals surface area contributed by atoms with Crippen LogP contribution in [0.2, 0.25) is 10.0 Å². The summed E-state index contributed by atoms with van der Waals surface area (Å²) in [6.07, 6.45) is 9.75. The minimum atomic E-state index is -0.0398. The van der Waals surface area contributed by atoms with E-state index in [4.69, 9.17) is 23.2 Å². The highest BCUT2D eigenvalue weighted by atomic mass is 35.5. The van der Waals surface area contributed by atoms with E-state index in [1.165, 1.54) is 73.9 Å². The van der Waals surface area contributed by atoms with Gasteiger partial charge in [0, 0.05) is 47.5 Å². The van der Waals surface area contributed by atoms with Crippen molar-refractivity contribution in [2.75, 3.05) is 32.7 Å². The molecule has 0 bridgehead atoms. The summed E-state index contributed by atoms with van der Waals surface area (Å²) in [5.41, 5.74) is 6.12. The Morgan fingerprint density at radius 3 is 2.49 bits per heavy atom. The second kappa shape index (κ2) is 11.6. The number of carbonyl (C=O) groups excluding carboxylic acids is 1. The predicted octanol–water partition coefficient (Wildman–Crippen LogP) is 7.77. The van der Waals surface area contributed by atoms with Crippen LogP contribution in [0.15, 0.2) is 48.7 Å². The summed E-state index contributed by atoms with van der Waals surface area (Å²) < 4.78 is 0. The van der Waals surface area contributed by atoms with Crippen LogP contribution in [0.3, 0.4) is 0 Å². The first-order valence-electron chi connectivity index (χ1n) is 13.6. The maximum atomic E-state index is 12.5. The van der Waals surface area contributed by atoms with Crippen LogP contribution in [-0.4, -0.2) is 53.3 Å². The van der Waals surface area contributed by atoms with E-state index in [1.807, 2.05) is 6.20 Å². The van der Waals surface area contributed by atoms with E-state index in [-0.39, 0.29) is 5.78 Å². The third kappa shape index (κ3) is 6.08. The van der Waals surface area contributed by atoms with Crippen LogP contribution in [-0.2, 0) is 0 Å². The monoisotopic (exact) mass is 537 g/mol. The molecule has 2 aliphatic heterocycles. The molecule has 4 nitrogen and oxygen atoms in total. The van der Waals surface area contributed by atoms with E-state index in [0.717, 1.165) is 19.0 Å². The van der Waals surface area contributed by atoms with Crippen LogP contribution >= 0.6 is 23.2 Å². The van der Waals surface area contributed by atoms with Gasteiger partial charge in [-0.15, -0.1) is 0 Å². The van der Waals surface area contributed by atoms with Crippen molar-refractivity contribution in [1.82, 2.24) is 14.8 Å². The van der Waals surface area contributed by atoms with E-state index in [0.29, 0.717) is 21.5 Å². The van der Waals surface area contributed by atoms with Crippen LogP contribution in [0.5, 0.6) is 0 Å². The maximum absolute atomic E-state index is 12.5. The number of aromatic amines is 1. The third-order valence-electron chi connectivity index (χ3n) is 8.42. The van der Waals surface area contributed by atoms with Crippen molar-refractivity contribution < 1.29 is 4.79 Å². The molecule has 2 saturated heterocycles. The number of halogens is 2. The number of fused-ring (bicyclic) bond motifs is 1. The number of H-pyrrole nitrogens is 1. The number of nitrogens with one attached hydrogen (secondary N) is 1. The lowest BCUT2D eigenvalue weighted by Crippen LogP contribution is -2.36. The fraction of sp³-hybridized carbons (Fsp3) is 0.452. The predicted molar refractivity (Wildman–Crippen MR) is 155 cm³/mol. The molecule has 0 atom stereocenters. The van der Waals surface area contributed by atoms with Gasteiger partial charge >= 0.3 is 0 Å². The number of aromatic nitrogens is 1. The molecule has 0 unspecified atom stereocenters. The zero-order valence-corrected chi connectivity index (χ0v) is 23.4. The van der Waals surface area contributed by atoms with Crippen LogP contribution in [0, 0.1) is 19.8 Å². The Balaban J connectivity index is 1.05. The first-order valence-corrected chi connectivity index (χ1v) is 14.4. The number of piperidine rings is 2. The Kier molecular flexibility index (Phi) is 8.28. The lowest BCUT2D eigenvalue weighted by molar-refractivity contribution is 0.104. The summed E-state index contributed by atoms with van der Waals surface area (Å²) in [5.74, 6) is 1.39. The van der Waals surface area contributed by atoms with Crippen LogP contribution < -0.4 is 0 Å². The Morgan fingerprint density at radius 2 is 1.76 bits per heavy atom. The molecule has 3 aromatic rings. The summed E-state index contributed by atoms with van der Waals surface area (Å²) in [5, 5.41) is 2.30. The smallest absolute Gasteiger partial charge is 0.187 e. The molecule has 2 aliphatic rings. The molecular formula is C31H37Cl2N3O. The van der Waals surface area contributed by atoms with Gasteiger partial charge in [0.1, 0.15) is 0 Å². The van der Waals surface area contributed by atoms with Crippen molar-refractivity contribution in [2.45, 2.75) is 51.9 Å². The summed E-state index contributed by atoms with van der Waals surface area (Å²) in [6, 6.07) is 11.7. The summed E-state index contributed by atoms with van der Waals surface area (Å²) >= 11 is 12.0. The number of benzene rings is 2. The lowest BCUT2D eigenvalue weighted by atomic mass is 9.87. The average Bonchev–Trinajstić information content (AvgIpc) is 3.25. The Bertz CT molecular complexity index is 1280. The van der Waals surface area contributed by atoms with E-state index in [9.17, 15) is 4.79 Å². The molecule has 5 rings (SSSR count). The molecule has 2 fully saturated rings. The fourth-order valence-electron chi connectivity index (χ4n) is 6.16. The first-order chi connectivity index (χ1) is 17.9. The van der Waals surface area contributed by atoms with E-state index in [2.05, 4.69) is 46.8 Å². The minimum Gasteiger partial charge on any atom is -0.377 e. The maximum Gasteiger partial charge on any atom is 0.187 e. The van der Waals surface area contributed by atoms with Gasteiger partial charge in [-0.3, -0.25) is 4.79 Å². The number of aryl methyl sites for hydroxylation is 2. The van der Waals surface area contributed by atoms with Gasteiger partial charge in [-0.1, -0.05) is 41.4 Å². The lowest BCUT2D eigenvalue weighted by Gasteiger charge is -2.35. The highest BCUT2D eigenvalue weighted by Gasteiger charge is 2.26. The van der Waals surface area contributed by atoms with Gasteiger partial charge in [-0.25, -0.2) is 0 Å². The second-order valence-corrected chi connectivity index (χ2v) is 11.7. The van der Waals surface area contributed by atoms with Crippen LogP contribution in [0.25, 0.3) is 10.9 Å². The fourth-order valence-corrected chi connectivity index (χ4v) is 6.46. The summed E-state index contributed by atoms with van der Waals surface area (Å²) in [4.78, 5) is 21.1. The number of ketones is 1. The number of likely N-dealkylation sites (tertiary alicyclic amines) is 2. The van der Waals surface area contributed by atoms with Gasteiger partial charge in [0.25, 0.3) is 0 Å². The number of hydrogen-bond acceptors (Lipinski definition) is 3. The highest BCUT2D eigenvalue weighted by Crippen LogP contribution is 2.36. The first kappa shape index (κ1) is 26.3. The molecule has 2 aromatic carbocycles. The Labute approximate surface area is 230 Å². The normalized spacial score (nSPS) is 18.3. The van der Waals surface area contributed by atoms with Gasteiger partial charge < -0.3 is 14.8 Å². The van der Waals surface area contributed by atoms with Gasteiger partial charge in [0.2, 0.25) is 0 Å². The molecule has 196 valence electrons. The zero-order valence-electron chi connectivity index (χ0n) is 21.9. The van der Waals surface area contributed by atoms with Gasteiger partial charge in [-0.2, -0.15) is 0 Å². The molecule has 1 N–H and O–H groups in total. The van der Waals surface area contributed by atoms with Crippen molar-refractivity contribution >= 4 is 39.9 Å². The number of hydrogen-bond donors (Lipinski definition) is 1. The van der Waals surface area contributed by atoms with Gasteiger partial charge in [-0.05, 0) is 107 Å². The summed E-state index contributed by atoms with van der Waals surface area (Å²) in [6.45, 7) is 10.1. The molecule has 0 amide bonds. The SMILES string of the molecule is Cc1[nH]c2c(C)cccc2c1C1CCN(CCC2CCN(/C=C/C(=O)c3ccc(Cl)c(Cl)c3)CC2)CC1. The van der Waals surface area contributed by atoms with Crippen molar-refractivity contribution in [3.63, 3.8) is 0 Å².